The molecule has 1 aromatic carbocycles. The number of rotatable bonds is 10. The highest BCUT2D eigenvalue weighted by Gasteiger charge is 2.61. The number of esters is 4. The van der Waals surface area contributed by atoms with E-state index in [1.54, 1.807) is 32.6 Å². The average molecular weight is 690 g/mol. The molecule has 0 aliphatic carbocycles. The molecule has 0 unspecified atom stereocenters. The summed E-state index contributed by atoms with van der Waals surface area (Å²) in [6.07, 6.45) is 0.274. The molecule has 3 heterocycles. The van der Waals surface area contributed by atoms with Crippen LogP contribution in [0.25, 0.3) is 5.57 Å². The summed E-state index contributed by atoms with van der Waals surface area (Å²) in [6, 6.07) is 7.31. The van der Waals surface area contributed by atoms with Crippen molar-refractivity contribution in [2.75, 3.05) is 31.3 Å². The lowest BCUT2D eigenvalue weighted by atomic mass is 9.83. The van der Waals surface area contributed by atoms with Crippen LogP contribution >= 0.6 is 35.3 Å². The highest BCUT2D eigenvalue weighted by atomic mass is 32.2. The van der Waals surface area contributed by atoms with Gasteiger partial charge in [0.1, 0.15) is 18.8 Å². The van der Waals surface area contributed by atoms with E-state index in [2.05, 4.69) is 0 Å². The first-order chi connectivity index (χ1) is 21.8. The van der Waals surface area contributed by atoms with Gasteiger partial charge in [-0.05, 0) is 53.5 Å². The Morgan fingerprint density at radius 1 is 0.739 bits per heavy atom. The van der Waals surface area contributed by atoms with Crippen LogP contribution in [0.1, 0.15) is 67.4 Å². The van der Waals surface area contributed by atoms with Crippen molar-refractivity contribution in [3.63, 3.8) is 0 Å². The summed E-state index contributed by atoms with van der Waals surface area (Å²) in [5, 5.41) is 0. The van der Waals surface area contributed by atoms with E-state index in [9.17, 15) is 24.0 Å². The Kier molecular flexibility index (Phi) is 11.1. The van der Waals surface area contributed by atoms with E-state index in [4.69, 9.17) is 18.9 Å². The van der Waals surface area contributed by atoms with Gasteiger partial charge >= 0.3 is 23.9 Å². The molecule has 4 rings (SSSR count). The van der Waals surface area contributed by atoms with E-state index in [-0.39, 0.29) is 65.0 Å². The van der Waals surface area contributed by atoms with Crippen molar-refractivity contribution in [3.8, 4) is 0 Å². The van der Waals surface area contributed by atoms with E-state index in [0.29, 0.717) is 21.7 Å². The number of carbonyl (C=O) groups is 5. The smallest absolute Gasteiger partial charge is 0.346 e. The summed E-state index contributed by atoms with van der Waals surface area (Å²) in [4.78, 5) is 70.9. The number of hydrogen-bond donors (Lipinski definition) is 0. The molecular weight excluding hydrogens is 651 g/mol. The standard InChI is InChI=1S/C33H39NO9S3/c1-9-40-28(36)23-24(29(37)41-10-2)44-27-22(33(23)45-25(30(38)42-11-3)26(46-33)31(39)43-12-4)19-15-13-14-16-20(19)34(32(27,7)8)21(35)17-18(5)6/h13-16,18H,9-12,17H2,1-8H3. The van der Waals surface area contributed by atoms with Crippen LogP contribution in [-0.4, -0.2) is 65.8 Å². The molecule has 1 spiro atoms. The Hall–Kier alpha value is -3.16. The zero-order chi connectivity index (χ0) is 34.0. The van der Waals surface area contributed by atoms with E-state index in [1.807, 2.05) is 52.0 Å². The lowest BCUT2D eigenvalue weighted by Gasteiger charge is -2.51. The average Bonchev–Trinajstić information content (AvgIpc) is 3.37. The maximum Gasteiger partial charge on any atom is 0.346 e. The Balaban J connectivity index is 2.13. The first-order valence-electron chi connectivity index (χ1n) is 15.2. The third kappa shape index (κ3) is 6.25. The van der Waals surface area contributed by atoms with E-state index < -0.39 is 33.5 Å². The lowest BCUT2D eigenvalue weighted by molar-refractivity contribution is -0.141. The fourth-order valence-corrected chi connectivity index (χ4v) is 10.5. The van der Waals surface area contributed by atoms with Gasteiger partial charge in [0.2, 0.25) is 5.91 Å². The summed E-state index contributed by atoms with van der Waals surface area (Å²) in [5.74, 6) is -3.13. The van der Waals surface area contributed by atoms with Crippen molar-refractivity contribution in [3.05, 3.63) is 55.0 Å². The minimum absolute atomic E-state index is 0.00286. The molecule has 0 saturated carbocycles. The number of fused-ring (bicyclic) bond motifs is 3. The van der Waals surface area contributed by atoms with Crippen LogP contribution in [0.5, 0.6) is 0 Å². The number of nitrogens with zero attached hydrogens (tertiary/aromatic N) is 1. The van der Waals surface area contributed by atoms with Gasteiger partial charge in [-0.2, -0.15) is 0 Å². The molecule has 1 amide bonds. The molecule has 3 aliphatic rings. The van der Waals surface area contributed by atoms with Gasteiger partial charge in [-0.1, -0.05) is 67.3 Å². The van der Waals surface area contributed by atoms with E-state index in [0.717, 1.165) is 35.3 Å². The summed E-state index contributed by atoms with van der Waals surface area (Å²) in [6.45, 7) is 14.4. The number of benzene rings is 1. The fraction of sp³-hybridized carbons (Fsp3) is 0.485. The number of hydrogen-bond acceptors (Lipinski definition) is 12. The SMILES string of the molecule is CCOC(=O)C1=C(C(=O)OCC)SC2(S1)C(C(=O)OCC)=C(C(=O)OCC)SC1=C2c2ccccc2N(C(=O)CC(C)C)C1(C)C. The predicted molar refractivity (Wildman–Crippen MR) is 180 cm³/mol. The van der Waals surface area contributed by atoms with Gasteiger partial charge in [0, 0.05) is 22.5 Å². The van der Waals surface area contributed by atoms with Gasteiger partial charge in [-0.15, -0.1) is 0 Å². The molecule has 0 N–H and O–H groups in total. The molecule has 46 heavy (non-hydrogen) atoms. The summed E-state index contributed by atoms with van der Waals surface area (Å²) in [5.41, 5.74) is 0.671. The number of para-hydroxylation sites is 1. The minimum Gasteiger partial charge on any atom is -0.463 e. The molecule has 3 aliphatic heterocycles. The third-order valence-corrected chi connectivity index (χ3v) is 11.9. The van der Waals surface area contributed by atoms with Gasteiger partial charge in [0.05, 0.1) is 43.2 Å². The van der Waals surface area contributed by atoms with Crippen LogP contribution in [0.3, 0.4) is 0 Å². The Labute approximate surface area is 282 Å². The second-order valence-corrected chi connectivity index (χ2v) is 15.0. The van der Waals surface area contributed by atoms with Crippen LogP contribution in [0.4, 0.5) is 5.69 Å². The summed E-state index contributed by atoms with van der Waals surface area (Å²) in [7, 11) is 0. The van der Waals surface area contributed by atoms with Crippen molar-refractivity contribution in [2.24, 2.45) is 5.92 Å². The van der Waals surface area contributed by atoms with Gasteiger partial charge < -0.3 is 23.8 Å². The zero-order valence-corrected chi connectivity index (χ0v) is 29.7. The number of anilines is 1. The van der Waals surface area contributed by atoms with Gasteiger partial charge in [0.25, 0.3) is 0 Å². The molecule has 0 aromatic heterocycles. The van der Waals surface area contributed by atoms with Crippen molar-refractivity contribution in [1.82, 2.24) is 0 Å². The number of amides is 1. The molecule has 0 fully saturated rings. The second-order valence-electron chi connectivity index (χ2n) is 11.3. The Bertz CT molecular complexity index is 1530. The normalized spacial score (nSPS) is 18.0. The van der Waals surface area contributed by atoms with Crippen molar-refractivity contribution < 1.29 is 42.9 Å². The fourth-order valence-electron chi connectivity index (χ4n) is 5.57. The molecular formula is C33H39NO9S3. The summed E-state index contributed by atoms with van der Waals surface area (Å²) >= 11 is 2.93. The quantitative estimate of drug-likeness (QED) is 0.205. The van der Waals surface area contributed by atoms with E-state index >= 15 is 0 Å². The minimum atomic E-state index is -1.60. The topological polar surface area (TPSA) is 126 Å². The van der Waals surface area contributed by atoms with Crippen LogP contribution in [0.2, 0.25) is 0 Å². The largest absolute Gasteiger partial charge is 0.463 e. The molecule has 0 radical (unpaired) electrons. The predicted octanol–water partition coefficient (Wildman–Crippen LogP) is 6.21. The number of thioether (sulfide) groups is 3. The monoisotopic (exact) mass is 689 g/mol. The Morgan fingerprint density at radius 3 is 1.72 bits per heavy atom. The lowest BCUT2D eigenvalue weighted by Crippen LogP contribution is -2.54. The molecule has 0 bridgehead atoms. The van der Waals surface area contributed by atoms with Crippen LogP contribution < -0.4 is 4.90 Å². The summed E-state index contributed by atoms with van der Waals surface area (Å²) < 4.78 is 20.2. The Morgan fingerprint density at radius 2 is 1.22 bits per heavy atom. The molecule has 248 valence electrons. The van der Waals surface area contributed by atoms with Crippen LogP contribution in [-0.2, 0) is 42.9 Å². The molecule has 0 atom stereocenters. The zero-order valence-electron chi connectivity index (χ0n) is 27.3. The number of carbonyl (C=O) groups excluding carboxylic acids is 5. The molecule has 13 heteroatoms. The van der Waals surface area contributed by atoms with Crippen LogP contribution in [0, 0.1) is 5.92 Å². The highest BCUT2D eigenvalue weighted by molar-refractivity contribution is 8.26. The van der Waals surface area contributed by atoms with E-state index in [1.165, 1.54) is 0 Å². The van der Waals surface area contributed by atoms with Crippen molar-refractivity contribution >= 4 is 76.3 Å². The highest BCUT2D eigenvalue weighted by Crippen LogP contribution is 2.71. The van der Waals surface area contributed by atoms with Crippen molar-refractivity contribution in [1.29, 1.82) is 0 Å². The molecule has 0 saturated heterocycles. The molecule has 1 aromatic rings. The van der Waals surface area contributed by atoms with Gasteiger partial charge in [0.15, 0.2) is 0 Å². The number of ether oxygens (including phenoxy) is 4. The van der Waals surface area contributed by atoms with Crippen LogP contribution in [0.15, 0.2) is 49.5 Å². The molecule has 10 nitrogen and oxygen atoms in total. The third-order valence-electron chi connectivity index (χ3n) is 7.24. The second kappa shape index (κ2) is 14.3. The van der Waals surface area contributed by atoms with Gasteiger partial charge in [-0.25, -0.2) is 19.2 Å². The maximum absolute atomic E-state index is 14.1. The van der Waals surface area contributed by atoms with Crippen molar-refractivity contribution in [2.45, 2.75) is 71.4 Å². The van der Waals surface area contributed by atoms with Gasteiger partial charge in [-0.3, -0.25) is 4.79 Å². The first kappa shape index (κ1) is 35.7. The maximum atomic E-state index is 14.1. The first-order valence-corrected chi connectivity index (χ1v) is 17.7.